The lowest BCUT2D eigenvalue weighted by atomic mass is 10.1. The van der Waals surface area contributed by atoms with Crippen molar-refractivity contribution in [2.75, 3.05) is 5.33 Å². The van der Waals surface area contributed by atoms with Crippen LogP contribution in [0.3, 0.4) is 0 Å². The van der Waals surface area contributed by atoms with Crippen LogP contribution < -0.4 is 0 Å². The van der Waals surface area contributed by atoms with Crippen molar-refractivity contribution in [1.29, 1.82) is 0 Å². The first-order chi connectivity index (χ1) is 6.06. The van der Waals surface area contributed by atoms with Gasteiger partial charge in [0.05, 0.1) is 15.4 Å². The van der Waals surface area contributed by atoms with E-state index >= 15 is 0 Å². The van der Waals surface area contributed by atoms with Crippen LogP contribution >= 0.6 is 61.7 Å². The standard InChI is InChI=1S/C8H4BrCl2IO/c9-3-7(13)5-1-4(12)2-6(10)8(5)11/h1-2H,3H2. The zero-order valence-corrected chi connectivity index (χ0v) is 11.5. The van der Waals surface area contributed by atoms with Crippen molar-refractivity contribution >= 4 is 67.5 Å². The third-order valence-electron chi connectivity index (χ3n) is 1.41. The van der Waals surface area contributed by atoms with Crippen LogP contribution in [0.4, 0.5) is 0 Å². The Balaban J connectivity index is 3.28. The van der Waals surface area contributed by atoms with E-state index in [1.807, 2.05) is 0 Å². The van der Waals surface area contributed by atoms with Crippen molar-refractivity contribution in [2.24, 2.45) is 0 Å². The van der Waals surface area contributed by atoms with Crippen LogP contribution in [0.1, 0.15) is 10.4 Å². The molecule has 0 amide bonds. The van der Waals surface area contributed by atoms with Gasteiger partial charge < -0.3 is 0 Å². The van der Waals surface area contributed by atoms with Crippen molar-refractivity contribution in [3.05, 3.63) is 31.3 Å². The van der Waals surface area contributed by atoms with Crippen LogP contribution in [-0.4, -0.2) is 11.1 Å². The van der Waals surface area contributed by atoms with Crippen molar-refractivity contribution in [2.45, 2.75) is 0 Å². The first-order valence-electron chi connectivity index (χ1n) is 3.30. The van der Waals surface area contributed by atoms with Gasteiger partial charge in [-0.05, 0) is 34.7 Å². The lowest BCUT2D eigenvalue weighted by Gasteiger charge is -2.03. The molecule has 0 aliphatic rings. The Morgan fingerprint density at radius 3 is 2.62 bits per heavy atom. The topological polar surface area (TPSA) is 17.1 Å². The van der Waals surface area contributed by atoms with Gasteiger partial charge >= 0.3 is 0 Å². The van der Waals surface area contributed by atoms with Gasteiger partial charge in [0, 0.05) is 9.13 Å². The van der Waals surface area contributed by atoms with Gasteiger partial charge in [-0.3, -0.25) is 4.79 Å². The summed E-state index contributed by atoms with van der Waals surface area (Å²) in [6.07, 6.45) is 0. The molecule has 0 atom stereocenters. The molecule has 0 heterocycles. The van der Waals surface area contributed by atoms with Gasteiger partial charge in [-0.25, -0.2) is 0 Å². The van der Waals surface area contributed by atoms with Crippen molar-refractivity contribution in [3.63, 3.8) is 0 Å². The van der Waals surface area contributed by atoms with E-state index in [1.165, 1.54) is 0 Å². The number of rotatable bonds is 2. The maximum atomic E-state index is 11.3. The zero-order valence-electron chi connectivity index (χ0n) is 6.28. The summed E-state index contributed by atoms with van der Waals surface area (Å²) in [6, 6.07) is 3.44. The van der Waals surface area contributed by atoms with Gasteiger partial charge in [0.2, 0.25) is 0 Å². The number of carbonyl (C=O) groups is 1. The van der Waals surface area contributed by atoms with Crippen LogP contribution in [0.25, 0.3) is 0 Å². The summed E-state index contributed by atoms with van der Waals surface area (Å²) in [4.78, 5) is 11.3. The van der Waals surface area contributed by atoms with E-state index in [-0.39, 0.29) is 11.1 Å². The lowest BCUT2D eigenvalue weighted by Crippen LogP contribution is -2.01. The fourth-order valence-electron chi connectivity index (χ4n) is 0.831. The molecule has 70 valence electrons. The van der Waals surface area contributed by atoms with Crippen LogP contribution in [0.5, 0.6) is 0 Å². The summed E-state index contributed by atoms with van der Waals surface area (Å²) in [5.41, 5.74) is 0.468. The largest absolute Gasteiger partial charge is 0.293 e. The highest BCUT2D eigenvalue weighted by Crippen LogP contribution is 2.28. The third-order valence-corrected chi connectivity index (χ3v) is 3.35. The summed E-state index contributed by atoms with van der Waals surface area (Å²) in [7, 11) is 0. The molecule has 0 bridgehead atoms. The molecule has 5 heteroatoms. The van der Waals surface area contributed by atoms with E-state index in [9.17, 15) is 4.79 Å². The quantitative estimate of drug-likeness (QED) is 0.319. The monoisotopic (exact) mass is 392 g/mol. The highest BCUT2D eigenvalue weighted by molar-refractivity contribution is 14.1. The summed E-state index contributed by atoms with van der Waals surface area (Å²) < 4.78 is 0.899. The maximum Gasteiger partial charge on any atom is 0.174 e. The fourth-order valence-corrected chi connectivity index (χ4v) is 2.37. The lowest BCUT2D eigenvalue weighted by molar-refractivity contribution is 0.102. The van der Waals surface area contributed by atoms with E-state index in [0.717, 1.165) is 3.57 Å². The Hall–Kier alpha value is 0.680. The predicted molar refractivity (Wildman–Crippen MR) is 67.3 cm³/mol. The fraction of sp³-hybridized carbons (Fsp3) is 0.125. The molecular weight excluding hydrogens is 390 g/mol. The van der Waals surface area contributed by atoms with E-state index in [2.05, 4.69) is 38.5 Å². The molecule has 0 unspecified atom stereocenters. The number of halogens is 4. The Bertz CT molecular complexity index is 354. The summed E-state index contributed by atoms with van der Waals surface area (Å²) >= 11 is 16.8. The molecule has 1 aromatic carbocycles. The molecule has 0 aromatic heterocycles. The minimum Gasteiger partial charge on any atom is -0.293 e. The third kappa shape index (κ3) is 2.81. The number of carbonyl (C=O) groups excluding carboxylic acids is 1. The van der Waals surface area contributed by atoms with Gasteiger partial charge in [0.15, 0.2) is 5.78 Å². The number of hydrogen-bond acceptors (Lipinski definition) is 1. The number of benzene rings is 1. The van der Waals surface area contributed by atoms with Gasteiger partial charge in [-0.2, -0.15) is 0 Å². The predicted octanol–water partition coefficient (Wildman–Crippen LogP) is 4.18. The van der Waals surface area contributed by atoms with E-state index in [4.69, 9.17) is 23.2 Å². The first-order valence-corrected chi connectivity index (χ1v) is 6.25. The molecule has 1 rings (SSSR count). The Labute approximate surface area is 108 Å². The molecule has 1 nitrogen and oxygen atoms in total. The van der Waals surface area contributed by atoms with Gasteiger partial charge in [-0.1, -0.05) is 39.1 Å². The Morgan fingerprint density at radius 2 is 2.08 bits per heavy atom. The Morgan fingerprint density at radius 1 is 1.46 bits per heavy atom. The molecule has 0 saturated carbocycles. The second kappa shape index (κ2) is 4.96. The second-order valence-corrected chi connectivity index (χ2v) is 4.90. The highest BCUT2D eigenvalue weighted by Gasteiger charge is 2.12. The molecule has 0 aliphatic heterocycles. The SMILES string of the molecule is O=C(CBr)c1cc(I)cc(Cl)c1Cl. The molecule has 0 fully saturated rings. The summed E-state index contributed by atoms with van der Waals surface area (Å²) in [6.45, 7) is 0. The van der Waals surface area contributed by atoms with Crippen molar-refractivity contribution < 1.29 is 4.79 Å². The van der Waals surface area contributed by atoms with Gasteiger partial charge in [0.1, 0.15) is 0 Å². The van der Waals surface area contributed by atoms with Crippen LogP contribution in [0.15, 0.2) is 12.1 Å². The van der Waals surface area contributed by atoms with Crippen LogP contribution in [0, 0.1) is 3.57 Å². The number of hydrogen-bond donors (Lipinski definition) is 0. The minimum absolute atomic E-state index is 0.0644. The van der Waals surface area contributed by atoms with Gasteiger partial charge in [0.25, 0.3) is 0 Å². The molecule has 0 aliphatic carbocycles. The molecule has 0 spiro atoms. The van der Waals surface area contributed by atoms with Crippen LogP contribution in [0.2, 0.25) is 10.0 Å². The molecule has 1 aromatic rings. The maximum absolute atomic E-state index is 11.3. The number of ketones is 1. The molecular formula is C8H4BrCl2IO. The molecule has 13 heavy (non-hydrogen) atoms. The van der Waals surface area contributed by atoms with E-state index < -0.39 is 0 Å². The normalized spacial score (nSPS) is 10.2. The first kappa shape index (κ1) is 11.8. The molecule has 0 N–H and O–H groups in total. The van der Waals surface area contributed by atoms with Gasteiger partial charge in [-0.15, -0.1) is 0 Å². The summed E-state index contributed by atoms with van der Waals surface area (Å²) in [5.74, 6) is -0.0644. The average Bonchev–Trinajstić information content (AvgIpc) is 2.10. The van der Waals surface area contributed by atoms with Crippen LogP contribution in [-0.2, 0) is 0 Å². The Kier molecular flexibility index (Phi) is 4.48. The molecule has 0 saturated heterocycles. The summed E-state index contributed by atoms with van der Waals surface area (Å²) in [5, 5.41) is 0.993. The highest BCUT2D eigenvalue weighted by atomic mass is 127. The van der Waals surface area contributed by atoms with Crippen molar-refractivity contribution in [1.82, 2.24) is 0 Å². The van der Waals surface area contributed by atoms with E-state index in [1.54, 1.807) is 12.1 Å². The van der Waals surface area contributed by atoms with E-state index in [0.29, 0.717) is 15.6 Å². The van der Waals surface area contributed by atoms with Crippen molar-refractivity contribution in [3.8, 4) is 0 Å². The second-order valence-electron chi connectivity index (χ2n) is 2.31. The molecule has 0 radical (unpaired) electrons. The number of alkyl halides is 1. The minimum atomic E-state index is -0.0644. The number of Topliss-reactive ketones (excluding diaryl/α,β-unsaturated/α-hetero) is 1. The zero-order chi connectivity index (χ0) is 10.0. The smallest absolute Gasteiger partial charge is 0.174 e. The average molecular weight is 394 g/mol.